The van der Waals surface area contributed by atoms with Gasteiger partial charge in [-0.1, -0.05) is 76.1 Å². The van der Waals surface area contributed by atoms with Crippen LogP contribution in [0.2, 0.25) is 37.8 Å². The van der Waals surface area contributed by atoms with Crippen molar-refractivity contribution in [2.45, 2.75) is 58.5 Å². The molecule has 1 N–H and O–H groups in total. The molecule has 1 rings (SSSR count). The summed E-state index contributed by atoms with van der Waals surface area (Å²) < 4.78 is 0. The smallest absolute Gasteiger partial charge is 0.0815 e. The van der Waals surface area contributed by atoms with Crippen molar-refractivity contribution in [2.75, 3.05) is 6.61 Å². The van der Waals surface area contributed by atoms with Crippen molar-refractivity contribution in [2.24, 2.45) is 5.92 Å². The first-order valence-corrected chi connectivity index (χ1v) is 13.5. The molecule has 3 heteroatoms. The third kappa shape index (κ3) is 2.73. The van der Waals surface area contributed by atoms with Crippen molar-refractivity contribution in [1.82, 2.24) is 0 Å². The van der Waals surface area contributed by atoms with Crippen LogP contribution in [0.4, 0.5) is 0 Å². The van der Waals surface area contributed by atoms with E-state index < -0.39 is 16.1 Å². The maximum Gasteiger partial charge on any atom is 0.0815 e. The summed E-state index contributed by atoms with van der Waals surface area (Å²) in [5.74, 6) is 0.285. The summed E-state index contributed by atoms with van der Waals surface area (Å²) in [6, 6.07) is 0. The number of allylic oxidation sites excluding steroid dienone is 2. The van der Waals surface area contributed by atoms with Crippen LogP contribution in [-0.4, -0.2) is 27.9 Å². The summed E-state index contributed by atoms with van der Waals surface area (Å²) in [4.78, 5) is 0. The molecule has 0 aromatic heterocycles. The van der Waals surface area contributed by atoms with Crippen LogP contribution >= 0.6 is 0 Å². The predicted molar refractivity (Wildman–Crippen MR) is 87.3 cm³/mol. The quantitative estimate of drug-likeness (QED) is 0.761. The topological polar surface area (TPSA) is 20.2 Å². The Morgan fingerprint density at radius 3 is 1.94 bits per heavy atom. The van der Waals surface area contributed by atoms with E-state index in [2.05, 4.69) is 65.7 Å². The molecule has 1 nitrogen and oxygen atoms in total. The van der Waals surface area contributed by atoms with E-state index in [-0.39, 0.29) is 12.5 Å². The van der Waals surface area contributed by atoms with E-state index in [9.17, 15) is 5.11 Å². The second-order valence-corrected chi connectivity index (χ2v) is 18.4. The second-order valence-electron chi connectivity index (χ2n) is 8.10. The molecule has 0 bridgehead atoms. The standard InChI is InChI=1S/C15H30OSi2/c1-15(2,3)18(7,8)14-12(11-16)9-10-13(14)17(4,5)6/h9-10,12,16H,11H2,1-8H3. The fourth-order valence-electron chi connectivity index (χ4n) is 2.61. The molecule has 0 saturated heterocycles. The average Bonchev–Trinajstić information content (AvgIpc) is 2.58. The van der Waals surface area contributed by atoms with Crippen LogP contribution in [0.3, 0.4) is 0 Å². The molecule has 1 aliphatic carbocycles. The monoisotopic (exact) mass is 282 g/mol. The third-order valence-corrected chi connectivity index (χ3v) is 12.7. The van der Waals surface area contributed by atoms with Crippen molar-refractivity contribution in [3.8, 4) is 0 Å². The van der Waals surface area contributed by atoms with E-state index >= 15 is 0 Å². The highest BCUT2D eigenvalue weighted by Crippen LogP contribution is 2.47. The Hall–Kier alpha value is -0.126. The van der Waals surface area contributed by atoms with Crippen LogP contribution in [0, 0.1) is 5.92 Å². The Bertz CT molecular complexity index is 378. The number of rotatable bonds is 3. The van der Waals surface area contributed by atoms with Crippen molar-refractivity contribution >= 4 is 16.1 Å². The van der Waals surface area contributed by atoms with E-state index in [0.717, 1.165) is 0 Å². The van der Waals surface area contributed by atoms with Crippen LogP contribution in [0.25, 0.3) is 0 Å². The molecule has 18 heavy (non-hydrogen) atoms. The van der Waals surface area contributed by atoms with E-state index in [4.69, 9.17) is 0 Å². The van der Waals surface area contributed by atoms with Gasteiger partial charge in [0.15, 0.2) is 0 Å². The van der Waals surface area contributed by atoms with E-state index in [1.165, 1.54) is 0 Å². The van der Waals surface area contributed by atoms with E-state index in [1.54, 1.807) is 10.4 Å². The lowest BCUT2D eigenvalue weighted by Crippen LogP contribution is -2.44. The molecule has 0 aliphatic heterocycles. The van der Waals surface area contributed by atoms with Crippen molar-refractivity contribution in [1.29, 1.82) is 0 Å². The fourth-order valence-corrected chi connectivity index (χ4v) is 8.94. The van der Waals surface area contributed by atoms with Gasteiger partial charge >= 0.3 is 0 Å². The molecule has 1 unspecified atom stereocenters. The van der Waals surface area contributed by atoms with Gasteiger partial charge in [-0.15, -0.1) is 0 Å². The number of hydrogen-bond acceptors (Lipinski definition) is 1. The summed E-state index contributed by atoms with van der Waals surface area (Å²) >= 11 is 0. The summed E-state index contributed by atoms with van der Waals surface area (Å²) in [6.07, 6.45) is 4.56. The SMILES string of the molecule is CC(C)(C)[Si](C)(C)C1=C([Si](C)(C)C)C=CC1CO. The van der Waals surface area contributed by atoms with Gasteiger partial charge in [-0.05, 0) is 5.04 Å². The highest BCUT2D eigenvalue weighted by atomic mass is 28.3. The van der Waals surface area contributed by atoms with Gasteiger partial charge in [0.1, 0.15) is 0 Å². The summed E-state index contributed by atoms with van der Waals surface area (Å²) in [6.45, 7) is 19.5. The van der Waals surface area contributed by atoms with Crippen molar-refractivity contribution in [3.63, 3.8) is 0 Å². The zero-order valence-corrected chi connectivity index (χ0v) is 15.4. The lowest BCUT2D eigenvalue weighted by atomic mass is 10.2. The first kappa shape index (κ1) is 15.9. The minimum Gasteiger partial charge on any atom is -0.395 e. The molecule has 0 spiro atoms. The highest BCUT2D eigenvalue weighted by molar-refractivity contribution is 6.91. The first-order chi connectivity index (χ1) is 7.93. The maximum absolute atomic E-state index is 9.70. The molecule has 0 aromatic carbocycles. The number of aliphatic hydroxyl groups is 1. The molecule has 1 atom stereocenters. The fraction of sp³-hybridized carbons (Fsp3) is 0.733. The van der Waals surface area contributed by atoms with Crippen molar-refractivity contribution in [3.05, 3.63) is 22.5 Å². The van der Waals surface area contributed by atoms with Crippen LogP contribution < -0.4 is 0 Å². The summed E-state index contributed by atoms with van der Waals surface area (Å²) in [5, 5.41) is 13.3. The van der Waals surface area contributed by atoms with Crippen LogP contribution in [0.1, 0.15) is 20.8 Å². The van der Waals surface area contributed by atoms with Gasteiger partial charge in [-0.25, -0.2) is 0 Å². The Kier molecular flexibility index (Phi) is 4.22. The van der Waals surface area contributed by atoms with Crippen LogP contribution in [0.15, 0.2) is 22.5 Å². The van der Waals surface area contributed by atoms with Gasteiger partial charge in [0.05, 0.1) is 22.8 Å². The maximum atomic E-state index is 9.70. The van der Waals surface area contributed by atoms with Crippen LogP contribution in [0.5, 0.6) is 0 Å². The van der Waals surface area contributed by atoms with E-state index in [0.29, 0.717) is 5.04 Å². The Morgan fingerprint density at radius 2 is 1.61 bits per heavy atom. The van der Waals surface area contributed by atoms with E-state index in [1.807, 2.05) is 0 Å². The Balaban J connectivity index is 3.40. The lowest BCUT2D eigenvalue weighted by Gasteiger charge is -2.42. The zero-order chi connectivity index (χ0) is 14.4. The van der Waals surface area contributed by atoms with Gasteiger partial charge in [0, 0.05) is 5.92 Å². The largest absolute Gasteiger partial charge is 0.395 e. The predicted octanol–water partition coefficient (Wildman–Crippen LogP) is 4.39. The summed E-state index contributed by atoms with van der Waals surface area (Å²) in [7, 11) is -2.85. The molecule has 104 valence electrons. The average molecular weight is 283 g/mol. The van der Waals surface area contributed by atoms with Crippen molar-refractivity contribution < 1.29 is 5.11 Å². The normalized spacial score (nSPS) is 21.9. The minimum absolute atomic E-state index is 0.270. The highest BCUT2D eigenvalue weighted by Gasteiger charge is 2.44. The molecule has 0 saturated carbocycles. The molecule has 0 amide bonds. The Morgan fingerprint density at radius 1 is 1.11 bits per heavy atom. The molecule has 0 radical (unpaired) electrons. The Labute approximate surface area is 115 Å². The minimum atomic E-state index is -1.54. The molecule has 0 aromatic rings. The summed E-state index contributed by atoms with van der Waals surface area (Å²) in [5.41, 5.74) is 0. The number of aliphatic hydroxyl groups excluding tert-OH is 1. The number of hydrogen-bond donors (Lipinski definition) is 1. The molecule has 0 heterocycles. The first-order valence-electron chi connectivity index (χ1n) is 6.97. The van der Waals surface area contributed by atoms with Crippen LogP contribution in [-0.2, 0) is 0 Å². The molecular weight excluding hydrogens is 252 g/mol. The van der Waals surface area contributed by atoms with Gasteiger partial charge < -0.3 is 5.11 Å². The van der Waals surface area contributed by atoms with Gasteiger partial charge in [-0.3, -0.25) is 0 Å². The molecular formula is C15H30OSi2. The second kappa shape index (κ2) is 4.76. The molecule has 1 aliphatic rings. The van der Waals surface area contributed by atoms with Gasteiger partial charge in [-0.2, -0.15) is 0 Å². The third-order valence-electron chi connectivity index (χ3n) is 4.71. The van der Waals surface area contributed by atoms with Gasteiger partial charge in [0.2, 0.25) is 0 Å². The van der Waals surface area contributed by atoms with Gasteiger partial charge in [0.25, 0.3) is 0 Å². The lowest BCUT2D eigenvalue weighted by molar-refractivity contribution is 0.272. The molecule has 0 fully saturated rings. The zero-order valence-electron chi connectivity index (χ0n) is 13.4.